The van der Waals surface area contributed by atoms with Gasteiger partial charge in [0.2, 0.25) is 0 Å². The Hall–Kier alpha value is -2.05. The number of pyridine rings is 1. The summed E-state index contributed by atoms with van der Waals surface area (Å²) in [6, 6.07) is 9.49. The second-order valence-electron chi connectivity index (χ2n) is 9.71. The van der Waals surface area contributed by atoms with Crippen molar-refractivity contribution >= 4 is 27.8 Å². The van der Waals surface area contributed by atoms with E-state index in [2.05, 4.69) is 38.8 Å². The third-order valence-electron chi connectivity index (χ3n) is 7.85. The molecule has 4 unspecified atom stereocenters. The number of aromatic nitrogens is 1. The molecule has 4 atom stereocenters. The average Bonchev–Trinajstić information content (AvgIpc) is 2.96. The highest BCUT2D eigenvalue weighted by molar-refractivity contribution is 8.16. The number of rotatable bonds is 3. The predicted octanol–water partition coefficient (Wildman–Crippen LogP) is 5.29. The summed E-state index contributed by atoms with van der Waals surface area (Å²) in [5.74, 6) is 1.58. The number of nitrogens with one attached hydrogen (secondary N) is 1. The fourth-order valence-corrected chi connectivity index (χ4v) is 7.02. The zero-order valence-electron chi connectivity index (χ0n) is 18.8. The third kappa shape index (κ3) is 3.81. The Balaban J connectivity index is 1.45. The van der Waals surface area contributed by atoms with Gasteiger partial charge in [-0.3, -0.25) is 14.9 Å². The van der Waals surface area contributed by atoms with Crippen molar-refractivity contribution in [2.24, 2.45) is 10.9 Å². The van der Waals surface area contributed by atoms with Gasteiger partial charge >= 0.3 is 0 Å². The molecule has 1 aromatic heterocycles. The summed E-state index contributed by atoms with van der Waals surface area (Å²) in [5.41, 5.74) is 3.90. The molecular formula is C26H32N4OS. The van der Waals surface area contributed by atoms with Crippen molar-refractivity contribution in [3.8, 4) is 5.75 Å². The molecule has 5 aliphatic heterocycles. The van der Waals surface area contributed by atoms with Gasteiger partial charge in [-0.1, -0.05) is 31.0 Å². The van der Waals surface area contributed by atoms with Crippen LogP contribution in [0.5, 0.6) is 5.75 Å². The zero-order chi connectivity index (χ0) is 21.5. The second kappa shape index (κ2) is 8.71. The van der Waals surface area contributed by atoms with Crippen LogP contribution in [0.2, 0.25) is 0 Å². The SMILES string of the molecule is COc1ccc2nccc(C3N=C(NC4CCCCC4)SC=C4CN5CCC4CC35)c2c1. The number of benzene rings is 1. The lowest BCUT2D eigenvalue weighted by Gasteiger charge is -2.48. The minimum absolute atomic E-state index is 0.0991. The van der Waals surface area contributed by atoms with Crippen molar-refractivity contribution in [3.63, 3.8) is 0 Å². The van der Waals surface area contributed by atoms with Crippen LogP contribution in [0.1, 0.15) is 56.6 Å². The Morgan fingerprint density at radius 1 is 1.12 bits per heavy atom. The summed E-state index contributed by atoms with van der Waals surface area (Å²) in [7, 11) is 1.73. The van der Waals surface area contributed by atoms with Gasteiger partial charge in [0.1, 0.15) is 5.75 Å². The number of methoxy groups -OCH3 is 1. The Kier molecular flexibility index (Phi) is 5.59. The molecule has 1 N–H and O–H groups in total. The Labute approximate surface area is 194 Å². The monoisotopic (exact) mass is 448 g/mol. The smallest absolute Gasteiger partial charge is 0.161 e. The molecule has 2 aromatic rings. The molecule has 4 fully saturated rings. The van der Waals surface area contributed by atoms with Gasteiger partial charge in [0.25, 0.3) is 0 Å². The van der Waals surface area contributed by atoms with Gasteiger partial charge in [-0.2, -0.15) is 0 Å². The molecule has 1 aliphatic carbocycles. The number of fused-ring (bicyclic) bond motifs is 5. The van der Waals surface area contributed by atoms with Crippen LogP contribution in [-0.4, -0.2) is 47.3 Å². The standard InChI is InChI=1S/C26H32N4OS/c1-31-20-7-8-23-22(14-20)21(9-11-27-23)25-24-13-17-10-12-30(24)15-18(17)16-32-26(29-25)28-19-5-3-2-4-6-19/h7-9,11,14,16-17,19,24-25H,2-6,10,12-13,15H2,1H3,(H,28,29). The molecule has 32 heavy (non-hydrogen) atoms. The predicted molar refractivity (Wildman–Crippen MR) is 132 cm³/mol. The largest absolute Gasteiger partial charge is 0.497 e. The number of aliphatic imine (C=N–C) groups is 1. The molecule has 3 saturated heterocycles. The second-order valence-corrected chi connectivity index (χ2v) is 10.6. The minimum atomic E-state index is 0.0991. The number of piperidine rings is 3. The van der Waals surface area contributed by atoms with Gasteiger partial charge in [0.05, 0.1) is 18.7 Å². The fourth-order valence-electron chi connectivity index (χ4n) is 6.08. The minimum Gasteiger partial charge on any atom is -0.497 e. The fraction of sp³-hybridized carbons (Fsp3) is 0.538. The van der Waals surface area contributed by atoms with Crippen molar-refractivity contribution in [2.75, 3.05) is 20.2 Å². The number of hydrogen-bond donors (Lipinski definition) is 1. The molecule has 8 rings (SSSR count). The summed E-state index contributed by atoms with van der Waals surface area (Å²) in [4.78, 5) is 12.8. The first-order valence-electron chi connectivity index (χ1n) is 12.1. The van der Waals surface area contributed by atoms with Crippen molar-refractivity contribution < 1.29 is 4.74 Å². The number of hydrogen-bond acceptors (Lipinski definition) is 6. The molecule has 6 heteroatoms. The molecule has 5 nitrogen and oxygen atoms in total. The normalized spacial score (nSPS) is 30.3. The molecule has 1 saturated carbocycles. The maximum Gasteiger partial charge on any atom is 0.161 e. The zero-order valence-corrected chi connectivity index (χ0v) is 19.6. The summed E-state index contributed by atoms with van der Waals surface area (Å²) >= 11 is 1.82. The molecule has 4 bridgehead atoms. The number of thioether (sulfide) groups is 1. The summed E-state index contributed by atoms with van der Waals surface area (Å²) in [6.07, 6.45) is 11.0. The molecule has 168 valence electrons. The summed E-state index contributed by atoms with van der Waals surface area (Å²) in [5, 5.41) is 8.53. The molecule has 0 radical (unpaired) electrons. The van der Waals surface area contributed by atoms with Gasteiger partial charge in [-0.05, 0) is 79.0 Å². The van der Waals surface area contributed by atoms with Crippen molar-refractivity contribution in [1.82, 2.24) is 15.2 Å². The van der Waals surface area contributed by atoms with Crippen LogP contribution in [0.15, 0.2) is 46.4 Å². The molecule has 6 heterocycles. The first-order valence-corrected chi connectivity index (χ1v) is 13.0. The number of nitrogens with zero attached hydrogens (tertiary/aromatic N) is 3. The van der Waals surface area contributed by atoms with E-state index in [9.17, 15) is 0 Å². The van der Waals surface area contributed by atoms with E-state index < -0.39 is 0 Å². The van der Waals surface area contributed by atoms with E-state index in [0.717, 1.165) is 28.4 Å². The van der Waals surface area contributed by atoms with Crippen molar-refractivity contribution in [2.45, 2.75) is 63.1 Å². The van der Waals surface area contributed by atoms with E-state index in [4.69, 9.17) is 9.73 Å². The van der Waals surface area contributed by atoms with E-state index in [1.807, 2.05) is 24.0 Å². The molecular weight excluding hydrogens is 416 g/mol. The van der Waals surface area contributed by atoms with Crippen LogP contribution in [0.25, 0.3) is 10.9 Å². The van der Waals surface area contributed by atoms with E-state index in [-0.39, 0.29) is 6.04 Å². The Morgan fingerprint density at radius 2 is 2.03 bits per heavy atom. The van der Waals surface area contributed by atoms with E-state index in [1.54, 1.807) is 12.7 Å². The lowest BCUT2D eigenvalue weighted by Crippen LogP contribution is -2.52. The number of ether oxygens (including phenoxy) is 1. The molecule has 0 amide bonds. The quantitative estimate of drug-likeness (QED) is 0.692. The van der Waals surface area contributed by atoms with Crippen molar-refractivity contribution in [1.29, 1.82) is 0 Å². The van der Waals surface area contributed by atoms with Crippen LogP contribution < -0.4 is 10.1 Å². The third-order valence-corrected chi connectivity index (χ3v) is 8.71. The van der Waals surface area contributed by atoms with Gasteiger partial charge in [0, 0.05) is 30.2 Å². The molecule has 1 aromatic carbocycles. The van der Waals surface area contributed by atoms with Gasteiger partial charge in [0.15, 0.2) is 5.17 Å². The van der Waals surface area contributed by atoms with Crippen molar-refractivity contribution in [3.05, 3.63) is 47.0 Å². The molecule has 6 aliphatic rings. The highest BCUT2D eigenvalue weighted by atomic mass is 32.2. The lowest BCUT2D eigenvalue weighted by atomic mass is 9.76. The van der Waals surface area contributed by atoms with Crippen LogP contribution in [0, 0.1) is 5.92 Å². The highest BCUT2D eigenvalue weighted by Crippen LogP contribution is 2.45. The maximum absolute atomic E-state index is 5.56. The first kappa shape index (κ1) is 20.5. The van der Waals surface area contributed by atoms with Gasteiger partial charge in [-0.15, -0.1) is 0 Å². The topological polar surface area (TPSA) is 49.8 Å². The van der Waals surface area contributed by atoms with Crippen LogP contribution in [0.4, 0.5) is 0 Å². The van der Waals surface area contributed by atoms with Crippen LogP contribution in [0.3, 0.4) is 0 Å². The van der Waals surface area contributed by atoms with Gasteiger partial charge in [-0.25, -0.2) is 0 Å². The summed E-state index contributed by atoms with van der Waals surface area (Å²) < 4.78 is 5.56. The lowest BCUT2D eigenvalue weighted by molar-refractivity contribution is 0.0750. The Morgan fingerprint density at radius 3 is 2.84 bits per heavy atom. The van der Waals surface area contributed by atoms with Crippen LogP contribution >= 0.6 is 11.8 Å². The molecule has 0 spiro atoms. The van der Waals surface area contributed by atoms with E-state index >= 15 is 0 Å². The first-order chi connectivity index (χ1) is 15.8. The average molecular weight is 449 g/mol. The maximum atomic E-state index is 5.56. The Bertz CT molecular complexity index is 1060. The van der Waals surface area contributed by atoms with E-state index in [1.165, 1.54) is 57.1 Å². The van der Waals surface area contributed by atoms with Gasteiger partial charge < -0.3 is 10.1 Å². The summed E-state index contributed by atoms with van der Waals surface area (Å²) in [6.45, 7) is 2.28. The highest BCUT2D eigenvalue weighted by Gasteiger charge is 2.42. The van der Waals surface area contributed by atoms with E-state index in [0.29, 0.717) is 18.0 Å². The number of amidine groups is 1. The van der Waals surface area contributed by atoms with Crippen LogP contribution in [-0.2, 0) is 0 Å².